The molecule has 7 heteroatoms. The lowest BCUT2D eigenvalue weighted by molar-refractivity contribution is 0.102. The maximum absolute atomic E-state index is 13.1. The molecule has 4 rings (SSSR count). The van der Waals surface area contributed by atoms with Crippen LogP contribution in [0.1, 0.15) is 23.2 Å². The van der Waals surface area contributed by atoms with Gasteiger partial charge in [0.15, 0.2) is 0 Å². The molecule has 29 heavy (non-hydrogen) atoms. The van der Waals surface area contributed by atoms with E-state index in [2.05, 4.69) is 5.32 Å². The highest BCUT2D eigenvalue weighted by Gasteiger charge is 2.33. The number of benzene rings is 3. The molecule has 0 heterocycles. The van der Waals surface area contributed by atoms with Crippen molar-refractivity contribution in [2.24, 2.45) is 0 Å². The Morgan fingerprint density at radius 1 is 1.00 bits per heavy atom. The first-order chi connectivity index (χ1) is 13.8. The highest BCUT2D eigenvalue weighted by Crippen LogP contribution is 2.34. The second-order valence-corrected chi connectivity index (χ2v) is 9.43. The number of nitrogens with two attached hydrogens (primary N) is 1. The van der Waals surface area contributed by atoms with Gasteiger partial charge in [-0.2, -0.15) is 0 Å². The number of halogens is 1. The van der Waals surface area contributed by atoms with Gasteiger partial charge in [0.2, 0.25) is 0 Å². The molecule has 1 atom stereocenters. The van der Waals surface area contributed by atoms with Crippen LogP contribution >= 0.6 is 0 Å². The zero-order valence-corrected chi connectivity index (χ0v) is 16.3. The Balaban J connectivity index is 1.55. The summed E-state index contributed by atoms with van der Waals surface area (Å²) in [6, 6.07) is 17.6. The van der Waals surface area contributed by atoms with Crippen LogP contribution in [0.15, 0.2) is 71.6 Å². The Hall–Kier alpha value is -3.19. The van der Waals surface area contributed by atoms with Gasteiger partial charge in [-0.05, 0) is 72.5 Å². The average Bonchev–Trinajstić information content (AvgIpc) is 3.56. The van der Waals surface area contributed by atoms with Crippen LogP contribution in [0.2, 0.25) is 0 Å². The normalized spacial score (nSPS) is 15.5. The quantitative estimate of drug-likeness (QED) is 0.523. The van der Waals surface area contributed by atoms with Crippen LogP contribution < -0.4 is 11.1 Å². The minimum Gasteiger partial charge on any atom is -0.397 e. The van der Waals surface area contributed by atoms with Crippen molar-refractivity contribution in [3.8, 4) is 11.1 Å². The van der Waals surface area contributed by atoms with E-state index in [0.717, 1.165) is 24.0 Å². The first kappa shape index (κ1) is 19.1. The van der Waals surface area contributed by atoms with Gasteiger partial charge in [-0.25, -0.2) is 13.4 Å². The predicted molar refractivity (Wildman–Crippen MR) is 113 cm³/mol. The molecule has 1 amide bonds. The number of hydrogen-bond donors (Lipinski definition) is 3. The summed E-state index contributed by atoms with van der Waals surface area (Å²) in [5.74, 6) is -0.679. The fraction of sp³-hybridized carbons (Fsp3) is 0.136. The third kappa shape index (κ3) is 4.00. The number of amides is 1. The number of hydrogen-bond acceptors (Lipinski definition) is 4. The van der Waals surface area contributed by atoms with Crippen molar-refractivity contribution in [3.05, 3.63) is 78.1 Å². The fourth-order valence-corrected chi connectivity index (χ4v) is 4.81. The van der Waals surface area contributed by atoms with E-state index in [1.54, 1.807) is 54.6 Å². The zero-order chi connectivity index (χ0) is 20.6. The molecule has 4 N–H and O–H groups in total. The summed E-state index contributed by atoms with van der Waals surface area (Å²) in [7, 11) is -2.79. The molecule has 1 aliphatic rings. The van der Waals surface area contributed by atoms with E-state index in [9.17, 15) is 13.4 Å². The van der Waals surface area contributed by atoms with Crippen molar-refractivity contribution in [1.82, 2.24) is 0 Å². The lowest BCUT2D eigenvalue weighted by atomic mass is 10.0. The molecular formula is C22H20FN3O2S. The maximum atomic E-state index is 13.1. The molecule has 1 aliphatic carbocycles. The van der Waals surface area contributed by atoms with E-state index in [0.29, 0.717) is 21.8 Å². The van der Waals surface area contributed by atoms with Gasteiger partial charge in [0.05, 0.1) is 21.1 Å². The van der Waals surface area contributed by atoms with E-state index < -0.39 is 9.73 Å². The fourth-order valence-electron chi connectivity index (χ4n) is 3.08. The number of nitrogen functional groups attached to an aromatic ring is 1. The molecular weight excluding hydrogens is 389 g/mol. The number of carbonyl (C=O) groups is 1. The van der Waals surface area contributed by atoms with Crippen LogP contribution in [0.5, 0.6) is 0 Å². The van der Waals surface area contributed by atoms with Gasteiger partial charge in [-0.1, -0.05) is 18.2 Å². The van der Waals surface area contributed by atoms with E-state index in [4.69, 9.17) is 10.5 Å². The Kier molecular flexibility index (Phi) is 4.84. The van der Waals surface area contributed by atoms with Gasteiger partial charge < -0.3 is 11.1 Å². The summed E-state index contributed by atoms with van der Waals surface area (Å²) < 4.78 is 33.7. The highest BCUT2D eigenvalue weighted by atomic mass is 32.2. The molecule has 0 spiro atoms. The maximum Gasteiger partial charge on any atom is 0.255 e. The van der Waals surface area contributed by atoms with Crippen LogP contribution in [0.4, 0.5) is 15.8 Å². The number of rotatable bonds is 5. The molecule has 3 aromatic rings. The molecule has 1 fully saturated rings. The SMILES string of the molecule is N=S(=O)(c1ccc(C(=O)Nc2cc(-c3ccc(F)cc3)ccc2N)cc1)C1CC1. The molecule has 1 unspecified atom stereocenters. The van der Waals surface area contributed by atoms with Crippen molar-refractivity contribution in [3.63, 3.8) is 0 Å². The summed E-state index contributed by atoms with van der Waals surface area (Å²) in [4.78, 5) is 13.1. The second kappa shape index (κ2) is 7.33. The summed E-state index contributed by atoms with van der Waals surface area (Å²) in [6.07, 6.45) is 1.63. The molecule has 3 aromatic carbocycles. The standard InChI is InChI=1S/C22H20FN3O2S/c23-17-6-1-14(2-7-17)16-5-12-20(24)21(13-16)26-22(27)15-3-8-18(9-4-15)29(25,28)19-10-11-19/h1-9,12-13,19,25H,10-11,24H2,(H,26,27). The Labute approximate surface area is 168 Å². The average molecular weight is 409 g/mol. The Morgan fingerprint density at radius 2 is 1.62 bits per heavy atom. The first-order valence-corrected chi connectivity index (χ1v) is 10.8. The van der Waals surface area contributed by atoms with E-state index in [-0.39, 0.29) is 17.0 Å². The molecule has 0 bridgehead atoms. The van der Waals surface area contributed by atoms with Crippen molar-refractivity contribution in [2.75, 3.05) is 11.1 Å². The zero-order valence-electron chi connectivity index (χ0n) is 15.5. The summed E-state index contributed by atoms with van der Waals surface area (Å²) in [5, 5.41) is 2.71. The minimum atomic E-state index is -2.79. The lowest BCUT2D eigenvalue weighted by Gasteiger charge is -2.12. The van der Waals surface area contributed by atoms with Crippen molar-refractivity contribution < 1.29 is 13.4 Å². The summed E-state index contributed by atoms with van der Waals surface area (Å²) in [5.41, 5.74) is 8.83. The number of nitrogens with one attached hydrogen (secondary N) is 2. The van der Waals surface area contributed by atoms with Crippen molar-refractivity contribution >= 4 is 27.0 Å². The smallest absolute Gasteiger partial charge is 0.255 e. The summed E-state index contributed by atoms with van der Waals surface area (Å²) >= 11 is 0. The lowest BCUT2D eigenvalue weighted by Crippen LogP contribution is -2.14. The van der Waals surface area contributed by atoms with E-state index >= 15 is 0 Å². The number of anilines is 2. The summed E-state index contributed by atoms with van der Waals surface area (Å²) in [6.45, 7) is 0. The largest absolute Gasteiger partial charge is 0.397 e. The molecule has 0 aromatic heterocycles. The molecule has 1 saturated carbocycles. The van der Waals surface area contributed by atoms with Gasteiger partial charge >= 0.3 is 0 Å². The van der Waals surface area contributed by atoms with Crippen LogP contribution in [-0.2, 0) is 9.73 Å². The van der Waals surface area contributed by atoms with Gasteiger partial charge in [0.1, 0.15) is 5.82 Å². The first-order valence-electron chi connectivity index (χ1n) is 9.19. The number of carbonyl (C=O) groups excluding carboxylic acids is 1. The van der Waals surface area contributed by atoms with Gasteiger partial charge in [-0.15, -0.1) is 0 Å². The molecule has 148 valence electrons. The van der Waals surface area contributed by atoms with Gasteiger partial charge in [0.25, 0.3) is 5.91 Å². The van der Waals surface area contributed by atoms with E-state index in [1.807, 2.05) is 0 Å². The Morgan fingerprint density at radius 3 is 2.24 bits per heavy atom. The van der Waals surface area contributed by atoms with Gasteiger partial charge in [0, 0.05) is 15.7 Å². The Bertz CT molecular complexity index is 1170. The predicted octanol–water partition coefficient (Wildman–Crippen LogP) is 4.90. The van der Waals surface area contributed by atoms with Crippen LogP contribution in [0.25, 0.3) is 11.1 Å². The van der Waals surface area contributed by atoms with Crippen molar-refractivity contribution in [1.29, 1.82) is 4.78 Å². The topological polar surface area (TPSA) is 96.0 Å². The second-order valence-electron chi connectivity index (χ2n) is 7.09. The molecule has 5 nitrogen and oxygen atoms in total. The third-order valence-electron chi connectivity index (χ3n) is 4.94. The van der Waals surface area contributed by atoms with Crippen LogP contribution in [-0.4, -0.2) is 15.4 Å². The highest BCUT2D eigenvalue weighted by molar-refractivity contribution is 7.93. The molecule has 0 radical (unpaired) electrons. The van der Waals surface area contributed by atoms with Crippen molar-refractivity contribution in [2.45, 2.75) is 23.0 Å². The molecule has 0 saturated heterocycles. The monoisotopic (exact) mass is 409 g/mol. The van der Waals surface area contributed by atoms with E-state index in [1.165, 1.54) is 12.1 Å². The van der Waals surface area contributed by atoms with Crippen LogP contribution in [0.3, 0.4) is 0 Å². The minimum absolute atomic E-state index is 0.0730. The molecule has 0 aliphatic heterocycles. The third-order valence-corrected chi connectivity index (χ3v) is 7.32. The van der Waals surface area contributed by atoms with Gasteiger partial charge in [-0.3, -0.25) is 4.79 Å². The van der Waals surface area contributed by atoms with Crippen LogP contribution in [0, 0.1) is 10.6 Å².